The zero-order chi connectivity index (χ0) is 11.5. The molecule has 0 amide bonds. The molecule has 4 heteroatoms. The normalized spacial score (nSPS) is 19.7. The number of aromatic nitrogens is 2. The summed E-state index contributed by atoms with van der Waals surface area (Å²) in [6, 6.07) is 0.382. The van der Waals surface area contributed by atoms with E-state index in [4.69, 9.17) is 4.52 Å². The van der Waals surface area contributed by atoms with Gasteiger partial charge >= 0.3 is 0 Å². The fourth-order valence-electron chi connectivity index (χ4n) is 1.70. The topological polar surface area (TPSA) is 51.0 Å². The molecule has 1 heterocycles. The monoisotopic (exact) mass is 223 g/mol. The molecule has 0 radical (unpaired) electrons. The van der Waals surface area contributed by atoms with Gasteiger partial charge in [0, 0.05) is 12.0 Å². The molecule has 1 aliphatic carbocycles. The molecule has 0 aliphatic heterocycles. The maximum absolute atomic E-state index is 5.33. The molecule has 2 rings (SSSR count). The van der Waals surface area contributed by atoms with Crippen LogP contribution in [-0.2, 0) is 0 Å². The van der Waals surface area contributed by atoms with Gasteiger partial charge in [-0.1, -0.05) is 19.0 Å². The second kappa shape index (κ2) is 4.95. The van der Waals surface area contributed by atoms with E-state index in [2.05, 4.69) is 36.2 Å². The quantitative estimate of drug-likeness (QED) is 0.804. The van der Waals surface area contributed by atoms with Crippen molar-refractivity contribution in [2.75, 3.05) is 6.54 Å². The van der Waals surface area contributed by atoms with Gasteiger partial charge in [0.05, 0.1) is 5.92 Å². The average molecular weight is 223 g/mol. The lowest BCUT2D eigenvalue weighted by Gasteiger charge is -2.17. The van der Waals surface area contributed by atoms with Crippen LogP contribution in [0.25, 0.3) is 0 Å². The van der Waals surface area contributed by atoms with Crippen LogP contribution in [0.5, 0.6) is 0 Å². The van der Waals surface area contributed by atoms with Crippen molar-refractivity contribution >= 4 is 0 Å². The Bertz CT molecular complexity index is 333. The zero-order valence-corrected chi connectivity index (χ0v) is 10.4. The van der Waals surface area contributed by atoms with E-state index >= 15 is 0 Å². The van der Waals surface area contributed by atoms with Crippen LogP contribution < -0.4 is 5.32 Å². The van der Waals surface area contributed by atoms with Crippen molar-refractivity contribution in [2.24, 2.45) is 0 Å². The smallest absolute Gasteiger partial charge is 0.231 e. The number of nitrogens with zero attached hydrogens (tertiary/aromatic N) is 2. The van der Waals surface area contributed by atoms with E-state index in [1.54, 1.807) is 0 Å². The van der Waals surface area contributed by atoms with Crippen molar-refractivity contribution in [3.05, 3.63) is 11.7 Å². The number of rotatable bonds is 6. The Kier molecular flexibility index (Phi) is 3.59. The van der Waals surface area contributed by atoms with E-state index in [0.717, 1.165) is 24.7 Å². The molecule has 4 nitrogen and oxygen atoms in total. The fourth-order valence-corrected chi connectivity index (χ4v) is 1.70. The molecule has 0 aromatic carbocycles. The van der Waals surface area contributed by atoms with Crippen LogP contribution in [-0.4, -0.2) is 22.7 Å². The maximum atomic E-state index is 5.33. The maximum Gasteiger partial charge on any atom is 0.231 e. The fraction of sp³-hybridized carbons (Fsp3) is 0.833. The van der Waals surface area contributed by atoms with Gasteiger partial charge in [0.2, 0.25) is 5.89 Å². The molecular formula is C12H21N3O. The van der Waals surface area contributed by atoms with Crippen LogP contribution in [0.2, 0.25) is 0 Å². The predicted octanol–water partition coefficient (Wildman–Crippen LogP) is 2.44. The van der Waals surface area contributed by atoms with Gasteiger partial charge in [-0.25, -0.2) is 0 Å². The third kappa shape index (κ3) is 2.61. The Morgan fingerprint density at radius 1 is 1.44 bits per heavy atom. The van der Waals surface area contributed by atoms with Crippen LogP contribution in [0.4, 0.5) is 0 Å². The lowest BCUT2D eigenvalue weighted by molar-refractivity contribution is 0.328. The van der Waals surface area contributed by atoms with E-state index < -0.39 is 0 Å². The van der Waals surface area contributed by atoms with Crippen molar-refractivity contribution in [3.63, 3.8) is 0 Å². The van der Waals surface area contributed by atoms with Gasteiger partial charge in [-0.3, -0.25) is 0 Å². The van der Waals surface area contributed by atoms with E-state index in [1.807, 2.05) is 0 Å². The number of hydrogen-bond acceptors (Lipinski definition) is 4. The van der Waals surface area contributed by atoms with E-state index in [-0.39, 0.29) is 5.92 Å². The second-order valence-electron chi connectivity index (χ2n) is 4.80. The summed E-state index contributed by atoms with van der Waals surface area (Å²) in [6.07, 6.45) is 3.59. The van der Waals surface area contributed by atoms with Crippen molar-refractivity contribution in [1.82, 2.24) is 15.5 Å². The van der Waals surface area contributed by atoms with Crippen molar-refractivity contribution in [1.29, 1.82) is 0 Å². The highest BCUT2D eigenvalue weighted by atomic mass is 16.5. The molecular weight excluding hydrogens is 202 g/mol. The predicted molar refractivity (Wildman–Crippen MR) is 62.4 cm³/mol. The van der Waals surface area contributed by atoms with Crippen molar-refractivity contribution < 1.29 is 4.52 Å². The Labute approximate surface area is 96.8 Å². The Morgan fingerprint density at radius 2 is 2.19 bits per heavy atom. The number of hydrogen-bond donors (Lipinski definition) is 1. The first kappa shape index (κ1) is 11.6. The van der Waals surface area contributed by atoms with Crippen LogP contribution >= 0.6 is 0 Å². The lowest BCUT2D eigenvalue weighted by Crippen LogP contribution is -2.31. The summed E-state index contributed by atoms with van der Waals surface area (Å²) in [5.74, 6) is 2.54. The largest absolute Gasteiger partial charge is 0.339 e. The third-order valence-corrected chi connectivity index (χ3v) is 3.26. The molecule has 1 aromatic heterocycles. The molecule has 90 valence electrons. The summed E-state index contributed by atoms with van der Waals surface area (Å²) < 4.78 is 5.33. The minimum atomic E-state index is 0.284. The van der Waals surface area contributed by atoms with Crippen LogP contribution in [0.1, 0.15) is 63.6 Å². The van der Waals surface area contributed by atoms with Gasteiger partial charge < -0.3 is 9.84 Å². The van der Waals surface area contributed by atoms with Crippen LogP contribution in [0, 0.1) is 0 Å². The van der Waals surface area contributed by atoms with E-state index in [1.165, 1.54) is 12.8 Å². The van der Waals surface area contributed by atoms with Gasteiger partial charge in [0.1, 0.15) is 0 Å². The number of nitrogens with one attached hydrogen (secondary N) is 1. The van der Waals surface area contributed by atoms with Gasteiger partial charge in [-0.15, -0.1) is 0 Å². The molecule has 1 saturated carbocycles. The first-order valence-corrected chi connectivity index (χ1v) is 6.29. The first-order chi connectivity index (χ1) is 7.72. The van der Waals surface area contributed by atoms with Gasteiger partial charge in [-0.05, 0) is 32.7 Å². The summed E-state index contributed by atoms with van der Waals surface area (Å²) in [7, 11) is 0. The molecule has 16 heavy (non-hydrogen) atoms. The molecule has 0 spiro atoms. The van der Waals surface area contributed by atoms with Crippen LogP contribution in [0.15, 0.2) is 4.52 Å². The standard InChI is InChI=1S/C12H21N3O/c1-4-7-13-9(3)8(2)12-14-11(15-16-12)10-5-6-10/h8-10,13H,4-7H2,1-3H3. The van der Waals surface area contributed by atoms with Gasteiger partial charge in [-0.2, -0.15) is 4.98 Å². The zero-order valence-electron chi connectivity index (χ0n) is 10.4. The molecule has 2 unspecified atom stereocenters. The summed E-state index contributed by atoms with van der Waals surface area (Å²) in [5.41, 5.74) is 0. The summed E-state index contributed by atoms with van der Waals surface area (Å²) >= 11 is 0. The van der Waals surface area contributed by atoms with Gasteiger partial charge in [0.25, 0.3) is 0 Å². The van der Waals surface area contributed by atoms with Crippen molar-refractivity contribution in [2.45, 2.75) is 57.9 Å². The highest BCUT2D eigenvalue weighted by Crippen LogP contribution is 2.38. The molecule has 1 fully saturated rings. The van der Waals surface area contributed by atoms with E-state index in [9.17, 15) is 0 Å². The SMILES string of the molecule is CCCNC(C)C(C)c1nc(C2CC2)no1. The molecule has 1 aromatic rings. The summed E-state index contributed by atoms with van der Waals surface area (Å²) in [4.78, 5) is 4.48. The highest BCUT2D eigenvalue weighted by Gasteiger charge is 2.30. The second-order valence-corrected chi connectivity index (χ2v) is 4.80. The first-order valence-electron chi connectivity index (χ1n) is 6.29. The average Bonchev–Trinajstić information content (AvgIpc) is 3.03. The van der Waals surface area contributed by atoms with Crippen LogP contribution in [0.3, 0.4) is 0 Å². The Hall–Kier alpha value is -0.900. The summed E-state index contributed by atoms with van der Waals surface area (Å²) in [6.45, 7) is 7.51. The Morgan fingerprint density at radius 3 is 2.81 bits per heavy atom. The molecule has 0 saturated heterocycles. The minimum Gasteiger partial charge on any atom is -0.339 e. The van der Waals surface area contributed by atoms with Gasteiger partial charge in [0.15, 0.2) is 5.82 Å². The molecule has 1 N–H and O–H groups in total. The third-order valence-electron chi connectivity index (χ3n) is 3.26. The Balaban J connectivity index is 1.93. The molecule has 0 bridgehead atoms. The summed E-state index contributed by atoms with van der Waals surface area (Å²) in [5, 5.41) is 7.50. The molecule has 1 aliphatic rings. The van der Waals surface area contributed by atoms with E-state index in [0.29, 0.717) is 12.0 Å². The highest BCUT2D eigenvalue weighted by molar-refractivity contribution is 5.05. The lowest BCUT2D eigenvalue weighted by atomic mass is 10.0. The molecule has 2 atom stereocenters. The van der Waals surface area contributed by atoms with Crippen molar-refractivity contribution in [3.8, 4) is 0 Å². The minimum absolute atomic E-state index is 0.284.